The van der Waals surface area contributed by atoms with Gasteiger partial charge in [0.1, 0.15) is 6.10 Å². The van der Waals surface area contributed by atoms with Crippen LogP contribution in [0.5, 0.6) is 0 Å². The third-order valence-corrected chi connectivity index (χ3v) is 4.55. The van der Waals surface area contributed by atoms with Crippen LogP contribution in [0, 0.1) is 5.41 Å². The lowest BCUT2D eigenvalue weighted by molar-refractivity contribution is -0.153. The number of unbranched alkanes of at least 4 members (excludes halogenated alkanes) is 7. The lowest BCUT2D eigenvalue weighted by atomic mass is 9.90. The van der Waals surface area contributed by atoms with Gasteiger partial charge in [-0.05, 0) is 31.6 Å². The van der Waals surface area contributed by atoms with E-state index in [0.29, 0.717) is 19.4 Å². The van der Waals surface area contributed by atoms with E-state index in [1.807, 2.05) is 6.92 Å². The summed E-state index contributed by atoms with van der Waals surface area (Å²) in [5.74, 6) is -0.153. The van der Waals surface area contributed by atoms with Gasteiger partial charge in [-0.25, -0.2) is 0 Å². The maximum atomic E-state index is 11.8. The molecule has 0 saturated heterocycles. The second-order valence-corrected chi connectivity index (χ2v) is 8.05. The molecule has 0 N–H and O–H groups in total. The molecule has 0 aromatic carbocycles. The second kappa shape index (κ2) is 14.1. The number of ether oxygens (including phenoxy) is 2. The monoisotopic (exact) mass is 356 g/mol. The normalized spacial score (nSPS) is 12.7. The van der Waals surface area contributed by atoms with Gasteiger partial charge in [-0.2, -0.15) is 0 Å². The van der Waals surface area contributed by atoms with E-state index in [-0.39, 0.29) is 23.5 Å². The van der Waals surface area contributed by atoms with E-state index >= 15 is 0 Å². The molecule has 0 amide bonds. The molecule has 0 aliphatic rings. The van der Waals surface area contributed by atoms with Crippen molar-refractivity contribution in [3.63, 3.8) is 0 Å². The third-order valence-electron chi connectivity index (χ3n) is 4.55. The first-order valence-corrected chi connectivity index (χ1v) is 10.1. The molecule has 1 atom stereocenters. The van der Waals surface area contributed by atoms with Crippen molar-refractivity contribution < 1.29 is 19.1 Å². The van der Waals surface area contributed by atoms with E-state index in [2.05, 4.69) is 27.7 Å². The highest BCUT2D eigenvalue weighted by Gasteiger charge is 2.23. The Labute approximate surface area is 155 Å². The van der Waals surface area contributed by atoms with Crippen molar-refractivity contribution in [2.45, 2.75) is 111 Å². The Balaban J connectivity index is 3.44. The van der Waals surface area contributed by atoms with Crippen LogP contribution in [-0.2, 0) is 19.1 Å². The molecule has 148 valence electrons. The van der Waals surface area contributed by atoms with Gasteiger partial charge < -0.3 is 9.47 Å². The van der Waals surface area contributed by atoms with Crippen LogP contribution in [0.2, 0.25) is 0 Å². The van der Waals surface area contributed by atoms with Crippen LogP contribution >= 0.6 is 0 Å². The molecule has 1 unspecified atom stereocenters. The number of esters is 2. The molecule has 0 fully saturated rings. The fourth-order valence-corrected chi connectivity index (χ4v) is 2.29. The van der Waals surface area contributed by atoms with Crippen LogP contribution in [0.25, 0.3) is 0 Å². The fourth-order valence-electron chi connectivity index (χ4n) is 2.29. The smallest absolute Gasteiger partial charge is 0.306 e. The fraction of sp³-hybridized carbons (Fsp3) is 0.905. The lowest BCUT2D eigenvalue weighted by Gasteiger charge is -2.26. The second-order valence-electron chi connectivity index (χ2n) is 8.05. The van der Waals surface area contributed by atoms with Gasteiger partial charge in [-0.1, -0.05) is 66.2 Å². The van der Waals surface area contributed by atoms with E-state index in [1.54, 1.807) is 0 Å². The quantitative estimate of drug-likeness (QED) is 0.291. The number of hydrogen-bond donors (Lipinski definition) is 0. The van der Waals surface area contributed by atoms with Gasteiger partial charge in [0.15, 0.2) is 0 Å². The average molecular weight is 357 g/mol. The van der Waals surface area contributed by atoms with Crippen LogP contribution in [0.4, 0.5) is 0 Å². The molecule has 0 aliphatic carbocycles. The largest absolute Gasteiger partial charge is 0.466 e. The summed E-state index contributed by atoms with van der Waals surface area (Å²) in [6.45, 7) is 10.9. The third kappa shape index (κ3) is 14.9. The first-order valence-electron chi connectivity index (χ1n) is 10.1. The van der Waals surface area contributed by atoms with Crippen LogP contribution in [0.3, 0.4) is 0 Å². The Morgan fingerprint density at radius 3 is 1.84 bits per heavy atom. The maximum Gasteiger partial charge on any atom is 0.306 e. The van der Waals surface area contributed by atoms with Gasteiger partial charge >= 0.3 is 11.9 Å². The SMILES string of the molecule is CCCCCOC(=O)CCCCCCCCC(=O)OC(C)C(C)(C)C. The van der Waals surface area contributed by atoms with E-state index < -0.39 is 0 Å². The zero-order valence-corrected chi connectivity index (χ0v) is 17.2. The highest BCUT2D eigenvalue weighted by Crippen LogP contribution is 2.22. The van der Waals surface area contributed by atoms with Crippen molar-refractivity contribution in [2.75, 3.05) is 6.61 Å². The molecule has 0 radical (unpaired) electrons. The summed E-state index contributed by atoms with van der Waals surface area (Å²) in [5.41, 5.74) is -0.00713. The molecule has 0 aromatic heterocycles. The van der Waals surface area contributed by atoms with Gasteiger partial charge in [0.05, 0.1) is 6.61 Å². The van der Waals surface area contributed by atoms with Crippen LogP contribution in [-0.4, -0.2) is 24.6 Å². The highest BCUT2D eigenvalue weighted by molar-refractivity contribution is 5.69. The number of hydrogen-bond acceptors (Lipinski definition) is 4. The molecule has 0 spiro atoms. The van der Waals surface area contributed by atoms with Crippen molar-refractivity contribution in [3.05, 3.63) is 0 Å². The predicted molar refractivity (Wildman–Crippen MR) is 102 cm³/mol. The minimum Gasteiger partial charge on any atom is -0.466 e. The summed E-state index contributed by atoms with van der Waals surface area (Å²) in [5, 5.41) is 0. The van der Waals surface area contributed by atoms with Crippen molar-refractivity contribution in [1.82, 2.24) is 0 Å². The molecule has 0 aliphatic heterocycles. The molecule has 4 nitrogen and oxygen atoms in total. The zero-order valence-electron chi connectivity index (χ0n) is 17.2. The van der Waals surface area contributed by atoms with Crippen LogP contribution < -0.4 is 0 Å². The van der Waals surface area contributed by atoms with Gasteiger partial charge in [-0.3, -0.25) is 9.59 Å². The number of carbonyl (C=O) groups excluding carboxylic acids is 2. The van der Waals surface area contributed by atoms with Crippen LogP contribution in [0.15, 0.2) is 0 Å². The van der Waals surface area contributed by atoms with Gasteiger partial charge in [0.25, 0.3) is 0 Å². The summed E-state index contributed by atoms with van der Waals surface area (Å²) in [6, 6.07) is 0. The average Bonchev–Trinajstić information content (AvgIpc) is 2.53. The number of carbonyl (C=O) groups is 2. The molecule has 0 bridgehead atoms. The lowest BCUT2D eigenvalue weighted by Crippen LogP contribution is -2.28. The Kier molecular flexibility index (Phi) is 13.5. The summed E-state index contributed by atoms with van der Waals surface area (Å²) in [4.78, 5) is 23.3. The highest BCUT2D eigenvalue weighted by atomic mass is 16.5. The Morgan fingerprint density at radius 2 is 1.32 bits per heavy atom. The van der Waals surface area contributed by atoms with Crippen molar-refractivity contribution in [1.29, 1.82) is 0 Å². The van der Waals surface area contributed by atoms with E-state index in [9.17, 15) is 9.59 Å². The maximum absolute atomic E-state index is 11.8. The Morgan fingerprint density at radius 1 is 0.800 bits per heavy atom. The van der Waals surface area contributed by atoms with Crippen molar-refractivity contribution in [2.24, 2.45) is 5.41 Å². The van der Waals surface area contributed by atoms with Crippen LogP contribution in [0.1, 0.15) is 105 Å². The van der Waals surface area contributed by atoms with Gasteiger partial charge in [-0.15, -0.1) is 0 Å². The molecule has 4 heteroatoms. The molecular weight excluding hydrogens is 316 g/mol. The first-order chi connectivity index (χ1) is 11.8. The minimum atomic E-state index is -0.0896. The molecular formula is C21H40O4. The summed E-state index contributed by atoms with van der Waals surface area (Å²) in [6.07, 6.45) is 10.3. The Hall–Kier alpha value is -1.06. The summed E-state index contributed by atoms with van der Waals surface area (Å²) < 4.78 is 10.6. The summed E-state index contributed by atoms with van der Waals surface area (Å²) in [7, 11) is 0. The Bertz CT molecular complexity index is 357. The van der Waals surface area contributed by atoms with Gasteiger partial charge in [0.2, 0.25) is 0 Å². The van der Waals surface area contributed by atoms with E-state index in [4.69, 9.17) is 9.47 Å². The van der Waals surface area contributed by atoms with E-state index in [1.165, 1.54) is 0 Å². The van der Waals surface area contributed by atoms with Gasteiger partial charge in [0, 0.05) is 12.8 Å². The molecule has 0 rings (SSSR count). The topological polar surface area (TPSA) is 52.6 Å². The molecule has 0 aromatic rings. The molecule has 25 heavy (non-hydrogen) atoms. The van der Waals surface area contributed by atoms with Crippen molar-refractivity contribution >= 4 is 11.9 Å². The first kappa shape index (κ1) is 23.9. The molecule has 0 saturated carbocycles. The summed E-state index contributed by atoms with van der Waals surface area (Å²) >= 11 is 0. The predicted octanol–water partition coefficient (Wildman–Crippen LogP) is 5.82. The van der Waals surface area contributed by atoms with Crippen molar-refractivity contribution in [3.8, 4) is 0 Å². The molecule has 0 heterocycles. The zero-order chi connectivity index (χ0) is 19.1. The van der Waals surface area contributed by atoms with E-state index in [0.717, 1.165) is 57.8 Å². The standard InChI is InChI=1S/C21H40O4/c1-6-7-14-17-24-19(22)15-12-10-8-9-11-13-16-20(23)25-18(2)21(3,4)5/h18H,6-17H2,1-5H3. The minimum absolute atomic E-state index is 0.00713. The number of rotatable bonds is 14.